The predicted molar refractivity (Wildman–Crippen MR) is 310 cm³/mol. The van der Waals surface area contributed by atoms with E-state index in [4.69, 9.17) is 0 Å². The highest BCUT2D eigenvalue weighted by Gasteiger charge is 2.45. The number of nitrogens with one attached hydrogen (secondary N) is 3. The molecule has 3 fully saturated rings. The standard InChI is InChI=1S/C60H65F3N10O7S2/c1-35(39-10-12-41(13-11-39)55-36(2)66-34-81-55)67-58(77)50-28-45(74)33-72(50)59(78)56(60(3,4)5)68-51(75)26-37-6-8-38(9-7-37)31-69-22-24-70(25-23-69)44-16-14-40(15-17-44)42-27-46-47(30-65-57(46)64-29-42)54(76)52-48(62)18-19-49(53(52)63)73(82(79)80)71-21-20-43(61)32-71/h6-19,27,29-30,34-35,43,45,50,56,74H,20-26,28,31-33H2,1-5H3,(H,64,65)(H,67,77)(H,68,75)(H,79,80)/t35-,43+,45+,50-,56+/m0/s1. The maximum atomic E-state index is 16.1. The second kappa shape index (κ2) is 24.2. The summed E-state index contributed by atoms with van der Waals surface area (Å²) >= 11 is -1.27. The molecule has 10 rings (SSSR count). The molecule has 7 aromatic rings. The van der Waals surface area contributed by atoms with Gasteiger partial charge in [0.25, 0.3) is 11.3 Å². The van der Waals surface area contributed by atoms with Gasteiger partial charge in [-0.25, -0.2) is 32.4 Å². The molecule has 4 aromatic carbocycles. The molecule has 6 heterocycles. The van der Waals surface area contributed by atoms with E-state index >= 15 is 8.78 Å². The number of amides is 3. The molecule has 0 radical (unpaired) electrons. The lowest BCUT2D eigenvalue weighted by atomic mass is 9.85. The molecule has 0 spiro atoms. The van der Waals surface area contributed by atoms with Gasteiger partial charge in [-0.05, 0) is 83.8 Å². The van der Waals surface area contributed by atoms with Crippen LogP contribution in [0.4, 0.5) is 24.5 Å². The number of likely N-dealkylation sites (tertiary alicyclic amines) is 1. The molecule has 3 amide bonds. The first kappa shape index (κ1) is 57.9. The summed E-state index contributed by atoms with van der Waals surface area (Å²) in [6.45, 7) is 13.0. The number of carbonyl (C=O) groups excluding carboxylic acids is 4. The van der Waals surface area contributed by atoms with Gasteiger partial charge in [0.05, 0.1) is 46.8 Å². The molecule has 0 aliphatic carbocycles. The van der Waals surface area contributed by atoms with Gasteiger partial charge in [-0.15, -0.1) is 11.3 Å². The minimum absolute atomic E-state index is 0.0219. The lowest BCUT2D eigenvalue weighted by molar-refractivity contribution is -0.144. The number of halogens is 3. The molecule has 82 heavy (non-hydrogen) atoms. The third-order valence-corrected chi connectivity index (χ3v) is 17.3. The van der Waals surface area contributed by atoms with Gasteiger partial charge in [-0.1, -0.05) is 81.4 Å². The fourth-order valence-corrected chi connectivity index (χ4v) is 12.5. The number of hydrazine groups is 1. The van der Waals surface area contributed by atoms with Gasteiger partial charge in [0.1, 0.15) is 35.4 Å². The van der Waals surface area contributed by atoms with E-state index < -0.39 is 75.6 Å². The van der Waals surface area contributed by atoms with E-state index in [2.05, 4.69) is 35.4 Å². The van der Waals surface area contributed by atoms with Crippen molar-refractivity contribution in [3.63, 3.8) is 0 Å². The van der Waals surface area contributed by atoms with Crippen molar-refractivity contribution in [3.8, 4) is 21.6 Å². The second-order valence-corrected chi connectivity index (χ2v) is 24.1. The first-order valence-corrected chi connectivity index (χ1v) is 29.2. The van der Waals surface area contributed by atoms with Crippen molar-refractivity contribution in [1.82, 2.24) is 40.4 Å². The van der Waals surface area contributed by atoms with E-state index in [0.717, 1.165) is 87.4 Å². The van der Waals surface area contributed by atoms with Crippen LogP contribution in [0.3, 0.4) is 0 Å². The summed E-state index contributed by atoms with van der Waals surface area (Å²) < 4.78 is 68.5. The van der Waals surface area contributed by atoms with Crippen molar-refractivity contribution in [1.29, 1.82) is 0 Å². The molecule has 3 aromatic heterocycles. The summed E-state index contributed by atoms with van der Waals surface area (Å²) in [4.78, 5) is 74.5. The summed E-state index contributed by atoms with van der Waals surface area (Å²) in [5.74, 6) is -4.66. The highest BCUT2D eigenvalue weighted by Crippen LogP contribution is 2.35. The number of fused-ring (bicyclic) bond motifs is 1. The Hall–Kier alpha value is -7.34. The van der Waals surface area contributed by atoms with Crippen molar-refractivity contribution in [2.75, 3.05) is 55.1 Å². The molecule has 3 aliphatic heterocycles. The molecule has 5 N–H and O–H groups in total. The number of aliphatic hydroxyl groups is 1. The summed E-state index contributed by atoms with van der Waals surface area (Å²) in [5.41, 5.74) is 7.11. The number of aromatic nitrogens is 3. The molecule has 0 saturated carbocycles. The number of hydrogen-bond acceptors (Lipinski definition) is 12. The van der Waals surface area contributed by atoms with Crippen molar-refractivity contribution >= 4 is 68.5 Å². The van der Waals surface area contributed by atoms with E-state index in [0.29, 0.717) is 27.6 Å². The topological polar surface area (TPSA) is 208 Å². The zero-order chi connectivity index (χ0) is 58.1. The Morgan fingerprint density at radius 3 is 2.22 bits per heavy atom. The van der Waals surface area contributed by atoms with E-state index in [-0.39, 0.29) is 62.3 Å². The minimum atomic E-state index is -2.84. The number of benzene rings is 4. The number of thiazole rings is 1. The van der Waals surface area contributed by atoms with Gasteiger partial charge in [-0.3, -0.25) is 28.6 Å². The van der Waals surface area contributed by atoms with Crippen LogP contribution >= 0.6 is 11.3 Å². The summed E-state index contributed by atoms with van der Waals surface area (Å²) in [7, 11) is 0. The lowest BCUT2D eigenvalue weighted by Crippen LogP contribution is -2.58. The zero-order valence-corrected chi connectivity index (χ0v) is 47.7. The second-order valence-electron chi connectivity index (χ2n) is 22.4. The molecule has 1 unspecified atom stereocenters. The van der Waals surface area contributed by atoms with Crippen molar-refractivity contribution < 1.29 is 46.2 Å². The SMILES string of the molecule is Cc1ncsc1-c1ccc([C@H](C)NC(=O)[C@@H]2C[C@@H](O)CN2C(=O)[C@@H](NC(=O)Cc2ccc(CN3CCN(c4ccc(-c5cnc6[nH]cc(C(=O)c7c(F)ccc(N(N8CC[C@@H](F)C8)S(=O)O)c7F)c6c5)cc4)CC3)cc2)C(C)(C)C)cc1. The highest BCUT2D eigenvalue weighted by molar-refractivity contribution is 7.80. The molecule has 17 nitrogen and oxygen atoms in total. The number of carbonyl (C=O) groups is 4. The van der Waals surface area contributed by atoms with Crippen LogP contribution in [0.5, 0.6) is 0 Å². The number of aliphatic hydroxyl groups excluding tert-OH is 1. The number of piperazine rings is 1. The number of nitrogens with zero attached hydrogens (tertiary/aromatic N) is 7. The Morgan fingerprint density at radius 2 is 1.57 bits per heavy atom. The van der Waals surface area contributed by atoms with Gasteiger partial charge in [0.15, 0.2) is 5.82 Å². The largest absolute Gasteiger partial charge is 0.391 e. The Kier molecular flexibility index (Phi) is 17.1. The van der Waals surface area contributed by atoms with Crippen LogP contribution in [0, 0.1) is 24.0 Å². The third-order valence-electron chi connectivity index (χ3n) is 15.6. The number of β-amino-alcohol motifs (C(OH)–C–C–N with tert-alkyl or cyclic N) is 1. The number of pyridine rings is 1. The molecular formula is C60H65F3N10O7S2. The number of anilines is 2. The van der Waals surface area contributed by atoms with E-state index in [1.54, 1.807) is 23.6 Å². The van der Waals surface area contributed by atoms with Crippen molar-refractivity contribution in [2.45, 2.75) is 90.8 Å². The molecule has 430 valence electrons. The van der Waals surface area contributed by atoms with E-state index in [9.17, 15) is 37.4 Å². The molecule has 3 aliphatic rings. The molecule has 6 atom stereocenters. The number of hydrogen-bond donors (Lipinski definition) is 5. The van der Waals surface area contributed by atoms with Gasteiger partial charge < -0.3 is 30.5 Å². The Bertz CT molecular complexity index is 3510. The fraction of sp³-hybridized carbons (Fsp3) is 0.367. The van der Waals surface area contributed by atoms with Gasteiger partial charge >= 0.3 is 0 Å². The zero-order valence-electron chi connectivity index (χ0n) is 46.1. The third kappa shape index (κ3) is 12.5. The predicted octanol–water partition coefficient (Wildman–Crippen LogP) is 8.31. The first-order valence-electron chi connectivity index (χ1n) is 27.2. The average Bonchev–Trinajstić information content (AvgIpc) is 4.35. The molecule has 0 bridgehead atoms. The van der Waals surface area contributed by atoms with Crippen LogP contribution in [0.2, 0.25) is 0 Å². The van der Waals surface area contributed by atoms with Crippen LogP contribution in [0.15, 0.2) is 109 Å². The van der Waals surface area contributed by atoms with E-state index in [1.165, 1.54) is 11.1 Å². The van der Waals surface area contributed by atoms with Gasteiger partial charge in [0.2, 0.25) is 23.5 Å². The van der Waals surface area contributed by atoms with Crippen LogP contribution in [-0.4, -0.2) is 137 Å². The highest BCUT2D eigenvalue weighted by atomic mass is 32.2. The number of ketones is 1. The Labute approximate surface area is 479 Å². The monoisotopic (exact) mass is 1160 g/mol. The van der Waals surface area contributed by atoms with Crippen LogP contribution in [-0.2, 0) is 38.6 Å². The molecule has 22 heteroatoms. The number of alkyl halides is 1. The minimum Gasteiger partial charge on any atom is -0.391 e. The fourth-order valence-electron chi connectivity index (χ4n) is 11.0. The summed E-state index contributed by atoms with van der Waals surface area (Å²) in [5, 5.41) is 18.2. The molecule has 3 saturated heterocycles. The lowest BCUT2D eigenvalue weighted by Gasteiger charge is -2.36. The number of rotatable bonds is 17. The smallest absolute Gasteiger partial charge is 0.277 e. The summed E-state index contributed by atoms with van der Waals surface area (Å²) in [6, 6.07) is 24.9. The summed E-state index contributed by atoms with van der Waals surface area (Å²) in [6.07, 6.45) is 0.934. The van der Waals surface area contributed by atoms with Crippen molar-refractivity contribution in [3.05, 3.63) is 154 Å². The average molecular weight is 1160 g/mol. The quantitative estimate of drug-likeness (QED) is 0.0431. The van der Waals surface area contributed by atoms with E-state index in [1.807, 2.05) is 113 Å². The van der Waals surface area contributed by atoms with Crippen molar-refractivity contribution in [2.24, 2.45) is 5.41 Å². The van der Waals surface area contributed by atoms with Gasteiger partial charge in [-0.2, -0.15) is 4.41 Å². The Morgan fingerprint density at radius 1 is 0.878 bits per heavy atom. The maximum absolute atomic E-state index is 16.1. The maximum Gasteiger partial charge on any atom is 0.277 e. The molecular weight excluding hydrogens is 1090 g/mol. The van der Waals surface area contributed by atoms with Crippen LogP contribution < -0.4 is 19.9 Å². The normalized spacial score (nSPS) is 19.1. The first-order chi connectivity index (χ1) is 39.2. The number of aromatic amines is 1. The number of H-pyrrole nitrogens is 1. The van der Waals surface area contributed by atoms with Crippen LogP contribution in [0.25, 0.3) is 32.6 Å². The van der Waals surface area contributed by atoms with Gasteiger partial charge in [0, 0.05) is 86.8 Å². The Balaban J connectivity index is 0.714. The number of aryl methyl sites for hydroxylation is 1. The van der Waals surface area contributed by atoms with Crippen LogP contribution in [0.1, 0.15) is 84.9 Å².